The van der Waals surface area contributed by atoms with Crippen molar-refractivity contribution in [2.75, 3.05) is 18.8 Å². The topological polar surface area (TPSA) is 36.9 Å². The van der Waals surface area contributed by atoms with Crippen LogP contribution in [0.2, 0.25) is 0 Å². The first-order valence-corrected chi connectivity index (χ1v) is 8.25. The molecule has 1 heterocycles. The number of carbonyl (C=O) groups is 1. The second-order valence-corrected chi connectivity index (χ2v) is 6.71. The van der Waals surface area contributed by atoms with Gasteiger partial charge in [0.1, 0.15) is 5.37 Å². The molecule has 0 saturated carbocycles. The van der Waals surface area contributed by atoms with Gasteiger partial charge in [-0.1, -0.05) is 12.1 Å². The van der Waals surface area contributed by atoms with Crippen molar-refractivity contribution in [1.29, 1.82) is 0 Å². The number of nitrogens with two attached hydrogens (primary N) is 1. The molecule has 0 aliphatic carbocycles. The summed E-state index contributed by atoms with van der Waals surface area (Å²) >= 11 is 1.47. The highest BCUT2D eigenvalue weighted by atomic mass is 32.2. The van der Waals surface area contributed by atoms with Crippen LogP contribution in [0, 0.1) is 0 Å². The second kappa shape index (κ2) is 6.91. The Morgan fingerprint density at radius 3 is 2.50 bits per heavy atom. The Bertz CT molecular complexity index is 517. The van der Waals surface area contributed by atoms with E-state index >= 15 is 0 Å². The molecule has 0 spiro atoms. The molecule has 7 heteroatoms. The lowest BCUT2D eigenvalue weighted by atomic mass is 10.1. The summed E-state index contributed by atoms with van der Waals surface area (Å²) in [6, 6.07) is 5.56. The van der Waals surface area contributed by atoms with Gasteiger partial charge in [0.05, 0.1) is 30.4 Å². The molecule has 3 nitrogen and oxygen atoms in total. The second-order valence-electron chi connectivity index (χ2n) is 5.64. The molecule has 1 aliphatic heterocycles. The highest BCUT2D eigenvalue weighted by Crippen LogP contribution is 2.39. The van der Waals surface area contributed by atoms with Crippen LogP contribution >= 0.6 is 11.8 Å². The number of rotatable bonds is 5. The summed E-state index contributed by atoms with van der Waals surface area (Å²) in [6.07, 6.45) is -4.33. The number of benzene rings is 1. The Labute approximate surface area is 132 Å². The van der Waals surface area contributed by atoms with E-state index in [9.17, 15) is 18.0 Å². The molecular weight excluding hydrogens is 313 g/mol. The van der Waals surface area contributed by atoms with E-state index in [1.807, 2.05) is 0 Å². The molecule has 0 radical (unpaired) electrons. The molecule has 2 N–H and O–H groups in total. The standard InChI is InChI=1S/C15H19F3N2OS/c1-10(2)19-7-8-20-13(21)9-22-14(20)11-3-5-12(6-4-11)15(16,17)18/h3-6,10,14,19H,7-9H2,1-2H3/p+1/t14-/m1/s1. The van der Waals surface area contributed by atoms with Gasteiger partial charge in [0, 0.05) is 0 Å². The fraction of sp³-hybridized carbons (Fsp3) is 0.533. The SMILES string of the molecule is CC(C)[NH2+]CCN1C(=O)CS[C@@H]1c1ccc(C(F)(F)F)cc1. The Balaban J connectivity index is 2.07. The number of thioether (sulfide) groups is 1. The number of hydrogen-bond donors (Lipinski definition) is 1. The van der Waals surface area contributed by atoms with E-state index in [1.54, 1.807) is 4.90 Å². The van der Waals surface area contributed by atoms with Gasteiger partial charge in [-0.3, -0.25) is 4.79 Å². The average Bonchev–Trinajstić information content (AvgIpc) is 2.79. The molecule has 1 atom stereocenters. The van der Waals surface area contributed by atoms with Gasteiger partial charge in [-0.25, -0.2) is 0 Å². The molecule has 1 amide bonds. The highest BCUT2D eigenvalue weighted by molar-refractivity contribution is 8.00. The number of quaternary nitrogens is 1. The van der Waals surface area contributed by atoms with Crippen molar-refractivity contribution in [2.45, 2.75) is 31.4 Å². The highest BCUT2D eigenvalue weighted by Gasteiger charge is 2.34. The lowest BCUT2D eigenvalue weighted by molar-refractivity contribution is -0.682. The Morgan fingerprint density at radius 2 is 1.95 bits per heavy atom. The molecule has 22 heavy (non-hydrogen) atoms. The van der Waals surface area contributed by atoms with Gasteiger partial charge in [0.2, 0.25) is 5.91 Å². The maximum absolute atomic E-state index is 12.6. The van der Waals surface area contributed by atoms with Crippen molar-refractivity contribution in [2.24, 2.45) is 0 Å². The third-order valence-corrected chi connectivity index (χ3v) is 4.76. The first kappa shape index (κ1) is 17.1. The maximum atomic E-state index is 12.6. The van der Waals surface area contributed by atoms with Crippen molar-refractivity contribution in [3.8, 4) is 0 Å². The van der Waals surface area contributed by atoms with E-state index in [2.05, 4.69) is 19.2 Å². The zero-order valence-electron chi connectivity index (χ0n) is 12.6. The zero-order chi connectivity index (χ0) is 16.3. The van der Waals surface area contributed by atoms with Gasteiger partial charge in [0.25, 0.3) is 0 Å². The van der Waals surface area contributed by atoms with Gasteiger partial charge < -0.3 is 10.2 Å². The van der Waals surface area contributed by atoms with Crippen LogP contribution in [-0.2, 0) is 11.0 Å². The van der Waals surface area contributed by atoms with E-state index in [1.165, 1.54) is 23.9 Å². The predicted octanol–water partition coefficient (Wildman–Crippen LogP) is 2.25. The fourth-order valence-corrected chi connectivity index (χ4v) is 3.57. The van der Waals surface area contributed by atoms with Crippen LogP contribution in [-0.4, -0.2) is 35.7 Å². The van der Waals surface area contributed by atoms with Crippen molar-refractivity contribution < 1.29 is 23.3 Å². The summed E-state index contributed by atoms with van der Waals surface area (Å²) in [7, 11) is 0. The number of halogens is 3. The quantitative estimate of drug-likeness (QED) is 0.897. The summed E-state index contributed by atoms with van der Waals surface area (Å²) in [6.45, 7) is 5.55. The van der Waals surface area contributed by atoms with E-state index in [0.717, 1.165) is 24.2 Å². The summed E-state index contributed by atoms with van der Waals surface area (Å²) in [5.41, 5.74) is 0.0821. The number of carbonyl (C=O) groups excluding carboxylic acids is 1. The Kier molecular flexibility index (Phi) is 5.39. The number of amides is 1. The van der Waals surface area contributed by atoms with Gasteiger partial charge in [0.15, 0.2) is 0 Å². The molecule has 0 unspecified atom stereocenters. The first-order valence-electron chi connectivity index (χ1n) is 7.20. The summed E-state index contributed by atoms with van der Waals surface area (Å²) in [5.74, 6) is 0.431. The third kappa shape index (κ3) is 4.16. The van der Waals surface area contributed by atoms with Crippen LogP contribution < -0.4 is 5.32 Å². The summed E-state index contributed by atoms with van der Waals surface area (Å²) in [4.78, 5) is 13.7. The normalized spacial score (nSPS) is 19.3. The molecule has 1 aromatic rings. The molecular formula is C15H20F3N2OS+. The van der Waals surface area contributed by atoms with Crippen molar-refractivity contribution in [3.63, 3.8) is 0 Å². The van der Waals surface area contributed by atoms with Crippen LogP contribution in [0.1, 0.15) is 30.3 Å². The monoisotopic (exact) mass is 333 g/mol. The minimum Gasteiger partial charge on any atom is -0.343 e. The molecule has 1 saturated heterocycles. The summed E-state index contributed by atoms with van der Waals surface area (Å²) in [5, 5.41) is 1.95. The first-order chi connectivity index (χ1) is 10.3. The van der Waals surface area contributed by atoms with Crippen LogP contribution in [0.25, 0.3) is 0 Å². The molecule has 0 bridgehead atoms. The van der Waals surface area contributed by atoms with Crippen molar-refractivity contribution in [1.82, 2.24) is 4.90 Å². The molecule has 0 aromatic heterocycles. The Hall–Kier alpha value is -1.21. The summed E-state index contributed by atoms with van der Waals surface area (Å²) < 4.78 is 37.8. The van der Waals surface area contributed by atoms with E-state index in [-0.39, 0.29) is 11.3 Å². The molecule has 2 rings (SSSR count). The molecule has 1 aliphatic rings. The van der Waals surface area contributed by atoms with Gasteiger partial charge in [-0.05, 0) is 31.5 Å². The van der Waals surface area contributed by atoms with Gasteiger partial charge in [-0.2, -0.15) is 13.2 Å². The van der Waals surface area contributed by atoms with E-state index < -0.39 is 11.7 Å². The lowest BCUT2D eigenvalue weighted by Gasteiger charge is -2.24. The fourth-order valence-electron chi connectivity index (χ4n) is 2.36. The molecule has 122 valence electrons. The Morgan fingerprint density at radius 1 is 1.32 bits per heavy atom. The van der Waals surface area contributed by atoms with Crippen LogP contribution in [0.3, 0.4) is 0 Å². The third-order valence-electron chi connectivity index (χ3n) is 3.50. The van der Waals surface area contributed by atoms with Crippen LogP contribution in [0.5, 0.6) is 0 Å². The van der Waals surface area contributed by atoms with Crippen molar-refractivity contribution >= 4 is 17.7 Å². The zero-order valence-corrected chi connectivity index (χ0v) is 13.4. The van der Waals surface area contributed by atoms with Gasteiger partial charge >= 0.3 is 6.18 Å². The van der Waals surface area contributed by atoms with Crippen molar-refractivity contribution in [3.05, 3.63) is 35.4 Å². The minimum absolute atomic E-state index is 0.0482. The predicted molar refractivity (Wildman–Crippen MR) is 80.3 cm³/mol. The van der Waals surface area contributed by atoms with E-state index in [4.69, 9.17) is 0 Å². The lowest BCUT2D eigenvalue weighted by Crippen LogP contribution is -2.89. The number of nitrogens with zero attached hydrogens (tertiary/aromatic N) is 1. The smallest absolute Gasteiger partial charge is 0.343 e. The number of hydrogen-bond acceptors (Lipinski definition) is 2. The van der Waals surface area contributed by atoms with Crippen LogP contribution in [0.4, 0.5) is 13.2 Å². The van der Waals surface area contributed by atoms with Crippen LogP contribution in [0.15, 0.2) is 24.3 Å². The average molecular weight is 333 g/mol. The van der Waals surface area contributed by atoms with Gasteiger partial charge in [-0.15, -0.1) is 11.8 Å². The van der Waals surface area contributed by atoms with E-state index in [0.29, 0.717) is 18.3 Å². The number of alkyl halides is 3. The largest absolute Gasteiger partial charge is 0.416 e. The maximum Gasteiger partial charge on any atom is 0.416 e. The minimum atomic E-state index is -4.33. The molecule has 1 fully saturated rings. The molecule has 1 aromatic carbocycles.